The lowest BCUT2D eigenvalue weighted by Gasteiger charge is -2.30. The maximum Gasteiger partial charge on any atom is 0.254 e. The number of amides is 1. The summed E-state index contributed by atoms with van der Waals surface area (Å²) in [6.45, 7) is 5.22. The molecule has 1 saturated heterocycles. The minimum atomic E-state index is -3.22. The predicted molar refractivity (Wildman–Crippen MR) is 116 cm³/mol. The zero-order valence-corrected chi connectivity index (χ0v) is 18.5. The predicted octanol–water partition coefficient (Wildman–Crippen LogP) is 4.60. The SMILES string of the molecule is CCCN(C(=O)c1ccc(N2CCCS2(=O)=O)cc1)C(C)c1ccccc1Br. The van der Waals surface area contributed by atoms with E-state index in [-0.39, 0.29) is 17.7 Å². The summed E-state index contributed by atoms with van der Waals surface area (Å²) in [5.74, 6) is 0.127. The van der Waals surface area contributed by atoms with Gasteiger partial charge in [0.25, 0.3) is 5.91 Å². The Morgan fingerprint density at radius 3 is 2.43 bits per heavy atom. The van der Waals surface area contributed by atoms with E-state index in [4.69, 9.17) is 0 Å². The molecule has 1 aliphatic heterocycles. The third kappa shape index (κ3) is 4.25. The van der Waals surface area contributed by atoms with Crippen LogP contribution in [0.15, 0.2) is 53.0 Å². The molecule has 1 fully saturated rings. The van der Waals surface area contributed by atoms with Crippen LogP contribution in [0.2, 0.25) is 0 Å². The molecule has 2 aromatic carbocycles. The number of nitrogens with zero attached hydrogens (tertiary/aromatic N) is 2. The third-order valence-electron chi connectivity index (χ3n) is 5.05. The number of carbonyl (C=O) groups is 1. The monoisotopic (exact) mass is 464 g/mol. The fraction of sp³-hybridized carbons (Fsp3) is 0.381. The third-order valence-corrected chi connectivity index (χ3v) is 7.64. The lowest BCUT2D eigenvalue weighted by molar-refractivity contribution is 0.0690. The molecule has 1 atom stereocenters. The first kappa shape index (κ1) is 20.9. The van der Waals surface area contributed by atoms with Gasteiger partial charge in [0, 0.05) is 23.1 Å². The maximum atomic E-state index is 13.2. The van der Waals surface area contributed by atoms with Crippen molar-refractivity contribution in [3.63, 3.8) is 0 Å². The highest BCUT2D eigenvalue weighted by atomic mass is 79.9. The van der Waals surface area contributed by atoms with E-state index in [1.807, 2.05) is 43.0 Å². The van der Waals surface area contributed by atoms with Crippen molar-refractivity contribution in [2.75, 3.05) is 23.1 Å². The van der Waals surface area contributed by atoms with Crippen molar-refractivity contribution in [2.24, 2.45) is 0 Å². The quantitative estimate of drug-likeness (QED) is 0.627. The van der Waals surface area contributed by atoms with Crippen LogP contribution in [0.3, 0.4) is 0 Å². The molecule has 0 aliphatic carbocycles. The zero-order valence-electron chi connectivity index (χ0n) is 16.1. The highest BCUT2D eigenvalue weighted by Crippen LogP contribution is 2.30. The number of carbonyl (C=O) groups excluding carboxylic acids is 1. The first-order chi connectivity index (χ1) is 13.3. The fourth-order valence-electron chi connectivity index (χ4n) is 3.56. The van der Waals surface area contributed by atoms with E-state index in [1.165, 1.54) is 4.31 Å². The second-order valence-electron chi connectivity index (χ2n) is 6.98. The Labute approximate surface area is 175 Å². The summed E-state index contributed by atoms with van der Waals surface area (Å²) in [5, 5.41) is 0. The van der Waals surface area contributed by atoms with E-state index in [9.17, 15) is 13.2 Å². The lowest BCUT2D eigenvalue weighted by atomic mass is 10.0. The second-order valence-corrected chi connectivity index (χ2v) is 9.85. The molecule has 150 valence electrons. The van der Waals surface area contributed by atoms with Gasteiger partial charge in [-0.25, -0.2) is 8.42 Å². The van der Waals surface area contributed by atoms with Gasteiger partial charge in [-0.1, -0.05) is 41.1 Å². The summed E-state index contributed by atoms with van der Waals surface area (Å²) in [4.78, 5) is 15.1. The molecule has 5 nitrogen and oxygen atoms in total. The van der Waals surface area contributed by atoms with E-state index in [1.54, 1.807) is 24.3 Å². The van der Waals surface area contributed by atoms with E-state index < -0.39 is 10.0 Å². The molecule has 0 N–H and O–H groups in total. The minimum Gasteiger partial charge on any atom is -0.332 e. The Kier molecular flexibility index (Phi) is 6.45. The number of hydrogen-bond donors (Lipinski definition) is 0. The molecule has 0 radical (unpaired) electrons. The number of benzene rings is 2. The van der Waals surface area contributed by atoms with Crippen molar-refractivity contribution in [3.05, 3.63) is 64.1 Å². The highest BCUT2D eigenvalue weighted by Gasteiger charge is 2.29. The van der Waals surface area contributed by atoms with Crippen LogP contribution in [0, 0.1) is 0 Å². The molecule has 2 aromatic rings. The van der Waals surface area contributed by atoms with Crippen molar-refractivity contribution in [2.45, 2.75) is 32.7 Å². The Balaban J connectivity index is 1.84. The van der Waals surface area contributed by atoms with E-state index in [0.29, 0.717) is 30.8 Å². The Bertz CT molecular complexity index is 944. The van der Waals surface area contributed by atoms with Crippen LogP contribution in [0.5, 0.6) is 0 Å². The Hall–Kier alpha value is -1.86. The van der Waals surface area contributed by atoms with Crippen molar-refractivity contribution in [1.82, 2.24) is 4.90 Å². The maximum absolute atomic E-state index is 13.2. The molecule has 1 aliphatic rings. The second kappa shape index (κ2) is 8.66. The van der Waals surface area contributed by atoms with Crippen LogP contribution in [0.1, 0.15) is 48.7 Å². The zero-order chi connectivity index (χ0) is 20.3. The molecule has 0 spiro atoms. The summed E-state index contributed by atoms with van der Waals surface area (Å²) in [7, 11) is -3.22. The molecule has 0 bridgehead atoms. The van der Waals surface area contributed by atoms with Crippen LogP contribution >= 0.6 is 15.9 Å². The van der Waals surface area contributed by atoms with Gasteiger partial charge >= 0.3 is 0 Å². The van der Waals surface area contributed by atoms with Crippen molar-refractivity contribution < 1.29 is 13.2 Å². The topological polar surface area (TPSA) is 57.7 Å². The summed E-state index contributed by atoms with van der Waals surface area (Å²) < 4.78 is 26.6. The van der Waals surface area contributed by atoms with E-state index in [0.717, 1.165) is 16.5 Å². The molecule has 3 rings (SSSR count). The van der Waals surface area contributed by atoms with Crippen LogP contribution in [-0.4, -0.2) is 38.1 Å². The molecule has 28 heavy (non-hydrogen) atoms. The van der Waals surface area contributed by atoms with Gasteiger partial charge in [0.1, 0.15) is 0 Å². The van der Waals surface area contributed by atoms with Crippen LogP contribution in [0.4, 0.5) is 5.69 Å². The molecule has 1 unspecified atom stereocenters. The van der Waals surface area contributed by atoms with Gasteiger partial charge < -0.3 is 4.90 Å². The van der Waals surface area contributed by atoms with Crippen molar-refractivity contribution in [3.8, 4) is 0 Å². The van der Waals surface area contributed by atoms with Gasteiger partial charge in [-0.15, -0.1) is 0 Å². The van der Waals surface area contributed by atoms with Crippen LogP contribution < -0.4 is 4.31 Å². The Morgan fingerprint density at radius 1 is 1.18 bits per heavy atom. The van der Waals surface area contributed by atoms with Gasteiger partial charge in [0.2, 0.25) is 10.0 Å². The molecule has 7 heteroatoms. The van der Waals surface area contributed by atoms with Gasteiger partial charge in [0.05, 0.1) is 17.5 Å². The Morgan fingerprint density at radius 2 is 1.86 bits per heavy atom. The van der Waals surface area contributed by atoms with Crippen molar-refractivity contribution >= 4 is 37.5 Å². The highest BCUT2D eigenvalue weighted by molar-refractivity contribution is 9.10. The summed E-state index contributed by atoms with van der Waals surface area (Å²) in [5.41, 5.74) is 2.24. The number of sulfonamides is 1. The average molecular weight is 465 g/mol. The van der Waals surface area contributed by atoms with Crippen LogP contribution in [0.25, 0.3) is 0 Å². The van der Waals surface area contributed by atoms with E-state index in [2.05, 4.69) is 15.9 Å². The molecule has 0 aromatic heterocycles. The number of halogens is 1. The standard InChI is InChI=1S/C21H25BrN2O3S/c1-3-13-23(16(2)19-7-4-5-8-20(19)22)21(25)17-9-11-18(12-10-17)24-14-6-15-28(24,26)27/h4-5,7-12,16H,3,6,13-15H2,1-2H3. The first-order valence-electron chi connectivity index (χ1n) is 9.51. The minimum absolute atomic E-state index is 0.0547. The summed E-state index contributed by atoms with van der Waals surface area (Å²) >= 11 is 3.58. The van der Waals surface area contributed by atoms with Gasteiger partial charge in [-0.05, 0) is 55.7 Å². The molecule has 1 heterocycles. The van der Waals surface area contributed by atoms with Crippen LogP contribution in [-0.2, 0) is 10.0 Å². The summed E-state index contributed by atoms with van der Waals surface area (Å²) in [6, 6.07) is 14.7. The lowest BCUT2D eigenvalue weighted by Crippen LogP contribution is -2.34. The molecular weight excluding hydrogens is 440 g/mol. The molecule has 0 saturated carbocycles. The smallest absolute Gasteiger partial charge is 0.254 e. The molecular formula is C21H25BrN2O3S. The summed E-state index contributed by atoms with van der Waals surface area (Å²) in [6.07, 6.45) is 1.49. The van der Waals surface area contributed by atoms with Gasteiger partial charge in [0.15, 0.2) is 0 Å². The number of hydrogen-bond acceptors (Lipinski definition) is 3. The largest absolute Gasteiger partial charge is 0.332 e. The average Bonchev–Trinajstić information content (AvgIpc) is 3.04. The van der Waals surface area contributed by atoms with Crippen molar-refractivity contribution in [1.29, 1.82) is 0 Å². The van der Waals surface area contributed by atoms with Gasteiger partial charge in [-0.2, -0.15) is 0 Å². The fourth-order valence-corrected chi connectivity index (χ4v) is 5.74. The number of rotatable bonds is 6. The normalized spacial score (nSPS) is 16.8. The van der Waals surface area contributed by atoms with E-state index >= 15 is 0 Å². The number of anilines is 1. The van der Waals surface area contributed by atoms with Gasteiger partial charge in [-0.3, -0.25) is 9.10 Å². The first-order valence-corrected chi connectivity index (χ1v) is 11.9. The molecule has 1 amide bonds.